The van der Waals surface area contributed by atoms with Gasteiger partial charge in [0.05, 0.1) is 0 Å². The van der Waals surface area contributed by atoms with Crippen molar-refractivity contribution in [3.63, 3.8) is 0 Å². The van der Waals surface area contributed by atoms with Gasteiger partial charge in [-0.2, -0.15) is 0 Å². The fraction of sp³-hybridized carbons (Fsp3) is 0.375. The average molecular weight is 209 g/mol. The van der Waals surface area contributed by atoms with Crippen LogP contribution in [0.25, 0.3) is 10.3 Å². The molecule has 0 saturated heterocycles. The lowest BCUT2D eigenvalue weighted by Gasteiger charge is -2.14. The first-order valence-electron chi connectivity index (χ1n) is 4.01. The molecular weight excluding hydrogens is 200 g/mol. The highest BCUT2D eigenvalue weighted by Gasteiger charge is 2.21. The van der Waals surface area contributed by atoms with Crippen LogP contribution in [0.4, 0.5) is 5.82 Å². The highest BCUT2D eigenvalue weighted by molar-refractivity contribution is 7.16. The second-order valence-electron chi connectivity index (χ2n) is 3.45. The SMILES string of the molecule is CC(C)(O)c1nc(N)c2s[c]nc2n1. The third-order valence-corrected chi connectivity index (χ3v) is 2.50. The fourth-order valence-corrected chi connectivity index (χ4v) is 1.57. The van der Waals surface area contributed by atoms with E-state index in [-0.39, 0.29) is 5.82 Å². The fourth-order valence-electron chi connectivity index (χ4n) is 1.01. The lowest BCUT2D eigenvalue weighted by Crippen LogP contribution is -2.20. The summed E-state index contributed by atoms with van der Waals surface area (Å²) in [5.41, 5.74) is 7.75. The Kier molecular flexibility index (Phi) is 1.90. The molecule has 0 aliphatic heterocycles. The van der Waals surface area contributed by atoms with E-state index in [1.54, 1.807) is 13.8 Å². The number of aliphatic hydroxyl groups is 1. The lowest BCUT2D eigenvalue weighted by atomic mass is 10.1. The third kappa shape index (κ3) is 1.42. The van der Waals surface area contributed by atoms with E-state index in [0.29, 0.717) is 16.2 Å². The molecule has 73 valence electrons. The summed E-state index contributed by atoms with van der Waals surface area (Å²) in [4.78, 5) is 12.0. The zero-order chi connectivity index (χ0) is 10.3. The largest absolute Gasteiger partial charge is 0.382 e. The van der Waals surface area contributed by atoms with E-state index in [0.717, 1.165) is 0 Å². The Balaban J connectivity index is 2.70. The van der Waals surface area contributed by atoms with Crippen LogP contribution in [0.5, 0.6) is 0 Å². The van der Waals surface area contributed by atoms with Gasteiger partial charge in [0.1, 0.15) is 16.1 Å². The number of hydrogen-bond acceptors (Lipinski definition) is 6. The molecule has 2 aromatic heterocycles. The summed E-state index contributed by atoms with van der Waals surface area (Å²) >= 11 is 1.27. The van der Waals surface area contributed by atoms with Gasteiger partial charge in [0.25, 0.3) is 0 Å². The summed E-state index contributed by atoms with van der Waals surface area (Å²) in [6, 6.07) is 0. The maximum atomic E-state index is 9.70. The summed E-state index contributed by atoms with van der Waals surface area (Å²) in [7, 11) is 0. The van der Waals surface area contributed by atoms with Crippen LogP contribution in [0.2, 0.25) is 0 Å². The number of aromatic nitrogens is 3. The van der Waals surface area contributed by atoms with Gasteiger partial charge in [-0.15, -0.1) is 11.3 Å². The lowest BCUT2D eigenvalue weighted by molar-refractivity contribution is 0.0692. The zero-order valence-corrected chi connectivity index (χ0v) is 8.59. The number of anilines is 1. The Morgan fingerprint density at radius 3 is 2.79 bits per heavy atom. The quantitative estimate of drug-likeness (QED) is 0.722. The molecule has 2 rings (SSSR count). The smallest absolute Gasteiger partial charge is 0.176 e. The first-order chi connectivity index (χ1) is 6.48. The van der Waals surface area contributed by atoms with Gasteiger partial charge in [-0.1, -0.05) is 0 Å². The Morgan fingerprint density at radius 1 is 1.43 bits per heavy atom. The molecule has 2 heterocycles. The molecular formula is C8H9N4OS. The minimum Gasteiger partial charge on any atom is -0.382 e. The molecule has 0 unspecified atom stereocenters. The van der Waals surface area contributed by atoms with Crippen molar-refractivity contribution in [1.29, 1.82) is 0 Å². The highest BCUT2D eigenvalue weighted by Crippen LogP contribution is 2.24. The van der Waals surface area contributed by atoms with E-state index >= 15 is 0 Å². The summed E-state index contributed by atoms with van der Waals surface area (Å²) in [5, 5.41) is 9.70. The number of nitrogens with two attached hydrogens (primary N) is 1. The van der Waals surface area contributed by atoms with Crippen LogP contribution in [-0.2, 0) is 5.60 Å². The standard InChI is InChI=1S/C8H9N4OS/c1-8(2,13)7-11-5(9)4-6(12-7)10-3-14-4/h13H,1-2H3,(H2,9,11,12). The van der Waals surface area contributed by atoms with Crippen LogP contribution in [0.1, 0.15) is 19.7 Å². The molecule has 0 saturated carbocycles. The molecule has 5 nitrogen and oxygen atoms in total. The molecule has 0 aliphatic carbocycles. The molecule has 0 aliphatic rings. The van der Waals surface area contributed by atoms with E-state index < -0.39 is 5.60 Å². The topological polar surface area (TPSA) is 84.9 Å². The number of nitrogens with zero attached hydrogens (tertiary/aromatic N) is 3. The second-order valence-corrected chi connectivity index (χ2v) is 4.24. The van der Waals surface area contributed by atoms with Gasteiger partial charge in [0.2, 0.25) is 0 Å². The van der Waals surface area contributed by atoms with Crippen LogP contribution >= 0.6 is 11.3 Å². The Labute approximate surface area is 84.6 Å². The predicted octanol–water partition coefficient (Wildman–Crippen LogP) is 0.696. The molecule has 1 radical (unpaired) electrons. The number of thiazole rings is 1. The first kappa shape index (κ1) is 9.29. The molecule has 14 heavy (non-hydrogen) atoms. The Morgan fingerprint density at radius 2 is 2.14 bits per heavy atom. The van der Waals surface area contributed by atoms with Gasteiger partial charge >= 0.3 is 0 Å². The van der Waals surface area contributed by atoms with E-state index in [2.05, 4.69) is 20.5 Å². The minimum absolute atomic E-state index is 0.279. The van der Waals surface area contributed by atoms with Crippen molar-refractivity contribution in [2.24, 2.45) is 0 Å². The molecule has 3 N–H and O–H groups in total. The number of rotatable bonds is 1. The molecule has 0 fully saturated rings. The molecule has 0 bridgehead atoms. The Bertz CT molecular complexity index is 474. The molecule has 0 aromatic carbocycles. The van der Waals surface area contributed by atoms with Crippen molar-refractivity contribution < 1.29 is 5.11 Å². The summed E-state index contributed by atoms with van der Waals surface area (Å²) < 4.78 is 0.706. The molecule has 0 spiro atoms. The third-order valence-electron chi connectivity index (χ3n) is 1.72. The van der Waals surface area contributed by atoms with Crippen LogP contribution in [0.3, 0.4) is 0 Å². The molecule has 2 aromatic rings. The highest BCUT2D eigenvalue weighted by atomic mass is 32.1. The normalized spacial score (nSPS) is 12.2. The molecule has 0 atom stereocenters. The van der Waals surface area contributed by atoms with E-state index in [1.807, 2.05) is 0 Å². The van der Waals surface area contributed by atoms with Crippen molar-refractivity contribution in [3.05, 3.63) is 11.3 Å². The number of nitrogen functional groups attached to an aromatic ring is 1. The van der Waals surface area contributed by atoms with Crippen molar-refractivity contribution in [2.75, 3.05) is 5.73 Å². The van der Waals surface area contributed by atoms with Crippen molar-refractivity contribution in [1.82, 2.24) is 15.0 Å². The van der Waals surface area contributed by atoms with Crippen LogP contribution in [-0.4, -0.2) is 20.1 Å². The van der Waals surface area contributed by atoms with Gasteiger partial charge in [0, 0.05) is 0 Å². The second kappa shape index (κ2) is 2.86. The van der Waals surface area contributed by atoms with Gasteiger partial charge in [0.15, 0.2) is 17.0 Å². The molecule has 0 amide bonds. The summed E-state index contributed by atoms with van der Waals surface area (Å²) in [5.74, 6) is 0.618. The number of hydrogen-bond donors (Lipinski definition) is 2. The maximum absolute atomic E-state index is 9.70. The maximum Gasteiger partial charge on any atom is 0.176 e. The minimum atomic E-state index is -1.11. The average Bonchev–Trinajstić information content (AvgIpc) is 2.50. The first-order valence-corrected chi connectivity index (χ1v) is 4.83. The van der Waals surface area contributed by atoms with Gasteiger partial charge in [-0.05, 0) is 13.8 Å². The van der Waals surface area contributed by atoms with Crippen LogP contribution in [0, 0.1) is 5.51 Å². The zero-order valence-electron chi connectivity index (χ0n) is 7.77. The van der Waals surface area contributed by atoms with Gasteiger partial charge in [-0.3, -0.25) is 0 Å². The molecule has 6 heteroatoms. The van der Waals surface area contributed by atoms with Crippen molar-refractivity contribution in [3.8, 4) is 0 Å². The van der Waals surface area contributed by atoms with E-state index in [1.165, 1.54) is 11.3 Å². The van der Waals surface area contributed by atoms with Gasteiger partial charge in [-0.25, -0.2) is 15.0 Å². The van der Waals surface area contributed by atoms with Crippen molar-refractivity contribution in [2.45, 2.75) is 19.4 Å². The van der Waals surface area contributed by atoms with Gasteiger partial charge < -0.3 is 10.8 Å². The van der Waals surface area contributed by atoms with Crippen LogP contribution < -0.4 is 5.73 Å². The monoisotopic (exact) mass is 209 g/mol. The summed E-state index contributed by atoms with van der Waals surface area (Å²) in [6.07, 6.45) is 0. The van der Waals surface area contributed by atoms with Crippen LogP contribution in [0.15, 0.2) is 0 Å². The predicted molar refractivity (Wildman–Crippen MR) is 53.7 cm³/mol. The Hall–Kier alpha value is -1.27. The van der Waals surface area contributed by atoms with Crippen molar-refractivity contribution >= 4 is 27.5 Å². The van der Waals surface area contributed by atoms with E-state index in [9.17, 15) is 5.11 Å². The summed E-state index contributed by atoms with van der Waals surface area (Å²) in [6.45, 7) is 3.20. The van der Waals surface area contributed by atoms with E-state index in [4.69, 9.17) is 5.73 Å². The number of fused-ring (bicyclic) bond motifs is 1.